The van der Waals surface area contributed by atoms with Gasteiger partial charge in [-0.2, -0.15) is 0 Å². The molecule has 10 heavy (non-hydrogen) atoms. The highest BCUT2D eigenvalue weighted by atomic mass is 16.5. The predicted octanol–water partition coefficient (Wildman–Crippen LogP) is 1.03. The van der Waals surface area contributed by atoms with E-state index in [4.69, 9.17) is 9.84 Å². The lowest BCUT2D eigenvalue weighted by Gasteiger charge is -2.09. The van der Waals surface area contributed by atoms with Crippen LogP contribution in [0, 0.1) is 0 Å². The van der Waals surface area contributed by atoms with E-state index in [-0.39, 0.29) is 6.10 Å². The maximum Gasteiger partial charge on any atom is 0.332 e. The average molecular weight is 144 g/mol. The zero-order chi connectivity index (χ0) is 7.56. The van der Waals surface area contributed by atoms with Crippen molar-refractivity contribution in [2.45, 2.75) is 38.4 Å². The molecule has 3 nitrogen and oxygen atoms in total. The standard InChI is InChI=1S/C7H12O3/c1-2-6(7(8)9)10-5-3-4-5/h5-6H,2-4H2,1H3,(H,8,9). The number of rotatable bonds is 4. The molecule has 0 spiro atoms. The van der Waals surface area contributed by atoms with Crippen LogP contribution in [0.4, 0.5) is 0 Å². The highest BCUT2D eigenvalue weighted by Gasteiger charge is 2.28. The van der Waals surface area contributed by atoms with Gasteiger partial charge in [0.15, 0.2) is 6.10 Å². The highest BCUT2D eigenvalue weighted by molar-refractivity contribution is 5.72. The Balaban J connectivity index is 2.24. The molecule has 0 bridgehead atoms. The van der Waals surface area contributed by atoms with E-state index in [0.717, 1.165) is 12.8 Å². The van der Waals surface area contributed by atoms with Crippen molar-refractivity contribution in [1.82, 2.24) is 0 Å². The Kier molecular flexibility index (Phi) is 2.27. The summed E-state index contributed by atoms with van der Waals surface area (Å²) in [5.74, 6) is -0.839. The van der Waals surface area contributed by atoms with E-state index in [9.17, 15) is 4.79 Å². The van der Waals surface area contributed by atoms with Crippen molar-refractivity contribution in [2.75, 3.05) is 0 Å². The topological polar surface area (TPSA) is 46.5 Å². The van der Waals surface area contributed by atoms with E-state index in [1.807, 2.05) is 6.92 Å². The van der Waals surface area contributed by atoms with Gasteiger partial charge in [0.1, 0.15) is 0 Å². The molecule has 1 unspecified atom stereocenters. The molecule has 0 aromatic heterocycles. The first-order valence-electron chi connectivity index (χ1n) is 3.62. The number of ether oxygens (including phenoxy) is 1. The van der Waals surface area contributed by atoms with Crippen LogP contribution in [0.25, 0.3) is 0 Å². The Labute approximate surface area is 60.0 Å². The second-order valence-electron chi connectivity index (χ2n) is 2.57. The molecule has 3 heteroatoms. The Hall–Kier alpha value is -0.570. The molecule has 1 saturated carbocycles. The van der Waals surface area contributed by atoms with E-state index in [2.05, 4.69) is 0 Å². The van der Waals surface area contributed by atoms with E-state index >= 15 is 0 Å². The molecule has 0 radical (unpaired) electrons. The Morgan fingerprint density at radius 3 is 2.70 bits per heavy atom. The fourth-order valence-electron chi connectivity index (χ4n) is 0.765. The van der Waals surface area contributed by atoms with Gasteiger partial charge in [0, 0.05) is 0 Å². The normalized spacial score (nSPS) is 20.5. The molecule has 1 atom stereocenters. The Morgan fingerprint density at radius 2 is 2.40 bits per heavy atom. The first kappa shape index (κ1) is 7.54. The molecule has 1 fully saturated rings. The summed E-state index contributed by atoms with van der Waals surface area (Å²) in [6, 6.07) is 0. The molecule has 0 aromatic carbocycles. The summed E-state index contributed by atoms with van der Waals surface area (Å²) in [7, 11) is 0. The number of carboxylic acids is 1. The minimum atomic E-state index is -0.839. The largest absolute Gasteiger partial charge is 0.479 e. The van der Waals surface area contributed by atoms with Crippen molar-refractivity contribution < 1.29 is 14.6 Å². The minimum absolute atomic E-state index is 0.237. The molecule has 0 aromatic rings. The van der Waals surface area contributed by atoms with E-state index in [0.29, 0.717) is 6.42 Å². The summed E-state index contributed by atoms with van der Waals surface area (Å²) in [6.45, 7) is 1.82. The van der Waals surface area contributed by atoms with Crippen LogP contribution in [-0.2, 0) is 9.53 Å². The van der Waals surface area contributed by atoms with Gasteiger partial charge in [-0.3, -0.25) is 0 Å². The van der Waals surface area contributed by atoms with Crippen LogP contribution in [0.5, 0.6) is 0 Å². The van der Waals surface area contributed by atoms with Gasteiger partial charge in [-0.1, -0.05) is 6.92 Å². The molecule has 0 amide bonds. The summed E-state index contributed by atoms with van der Waals surface area (Å²) >= 11 is 0. The quantitative estimate of drug-likeness (QED) is 0.641. The number of carbonyl (C=O) groups is 1. The third-order valence-corrected chi connectivity index (χ3v) is 1.53. The zero-order valence-electron chi connectivity index (χ0n) is 6.04. The lowest BCUT2D eigenvalue weighted by atomic mass is 10.3. The first-order chi connectivity index (χ1) is 4.74. The molecule has 1 aliphatic carbocycles. The van der Waals surface area contributed by atoms with Crippen molar-refractivity contribution in [3.63, 3.8) is 0 Å². The lowest BCUT2D eigenvalue weighted by Crippen LogP contribution is -2.23. The molecular weight excluding hydrogens is 132 g/mol. The molecule has 1 N–H and O–H groups in total. The molecule has 0 saturated heterocycles. The van der Waals surface area contributed by atoms with Gasteiger partial charge in [0.05, 0.1) is 6.10 Å². The van der Waals surface area contributed by atoms with Crippen molar-refractivity contribution in [3.8, 4) is 0 Å². The van der Waals surface area contributed by atoms with Gasteiger partial charge in [-0.15, -0.1) is 0 Å². The second kappa shape index (κ2) is 3.01. The SMILES string of the molecule is CCC(OC1CC1)C(=O)O. The van der Waals surface area contributed by atoms with Crippen LogP contribution in [0.15, 0.2) is 0 Å². The number of hydrogen-bond acceptors (Lipinski definition) is 2. The van der Waals surface area contributed by atoms with Crippen LogP contribution < -0.4 is 0 Å². The van der Waals surface area contributed by atoms with Crippen LogP contribution >= 0.6 is 0 Å². The maximum absolute atomic E-state index is 10.4. The van der Waals surface area contributed by atoms with Gasteiger partial charge in [-0.05, 0) is 19.3 Å². The fourth-order valence-corrected chi connectivity index (χ4v) is 0.765. The van der Waals surface area contributed by atoms with Gasteiger partial charge >= 0.3 is 5.97 Å². The third kappa shape index (κ3) is 1.99. The van der Waals surface area contributed by atoms with Crippen molar-refractivity contribution >= 4 is 5.97 Å². The summed E-state index contributed by atoms with van der Waals surface area (Å²) in [6.07, 6.45) is 2.29. The highest BCUT2D eigenvalue weighted by Crippen LogP contribution is 2.25. The first-order valence-corrected chi connectivity index (χ1v) is 3.62. The minimum Gasteiger partial charge on any atom is -0.479 e. The monoisotopic (exact) mass is 144 g/mol. The van der Waals surface area contributed by atoms with Crippen LogP contribution in [-0.4, -0.2) is 23.3 Å². The molecule has 58 valence electrons. The smallest absolute Gasteiger partial charge is 0.332 e. The molecule has 1 rings (SSSR count). The number of aliphatic carboxylic acids is 1. The van der Waals surface area contributed by atoms with Crippen molar-refractivity contribution in [1.29, 1.82) is 0 Å². The van der Waals surface area contributed by atoms with Gasteiger partial charge in [0.25, 0.3) is 0 Å². The summed E-state index contributed by atoms with van der Waals surface area (Å²) in [5, 5.41) is 8.52. The summed E-state index contributed by atoms with van der Waals surface area (Å²) < 4.78 is 5.17. The lowest BCUT2D eigenvalue weighted by molar-refractivity contribution is -0.151. The third-order valence-electron chi connectivity index (χ3n) is 1.53. The van der Waals surface area contributed by atoms with Gasteiger partial charge in [-0.25, -0.2) is 4.79 Å². The predicted molar refractivity (Wildman–Crippen MR) is 35.8 cm³/mol. The van der Waals surface area contributed by atoms with Crippen molar-refractivity contribution in [2.24, 2.45) is 0 Å². The Bertz CT molecular complexity index is 129. The average Bonchev–Trinajstić information content (AvgIpc) is 2.64. The molecule has 0 aliphatic heterocycles. The summed E-state index contributed by atoms with van der Waals surface area (Å²) in [4.78, 5) is 10.4. The molecule has 0 heterocycles. The summed E-state index contributed by atoms with van der Waals surface area (Å²) in [5.41, 5.74) is 0. The maximum atomic E-state index is 10.4. The second-order valence-corrected chi connectivity index (χ2v) is 2.57. The fraction of sp³-hybridized carbons (Fsp3) is 0.857. The van der Waals surface area contributed by atoms with Crippen LogP contribution in [0.1, 0.15) is 26.2 Å². The van der Waals surface area contributed by atoms with Crippen molar-refractivity contribution in [3.05, 3.63) is 0 Å². The van der Waals surface area contributed by atoms with Gasteiger partial charge < -0.3 is 9.84 Å². The van der Waals surface area contributed by atoms with Crippen LogP contribution in [0.3, 0.4) is 0 Å². The van der Waals surface area contributed by atoms with E-state index < -0.39 is 12.1 Å². The van der Waals surface area contributed by atoms with E-state index in [1.165, 1.54) is 0 Å². The Morgan fingerprint density at radius 1 is 1.80 bits per heavy atom. The zero-order valence-corrected chi connectivity index (χ0v) is 6.04. The van der Waals surface area contributed by atoms with Crippen LogP contribution in [0.2, 0.25) is 0 Å². The molecular formula is C7H12O3. The number of hydrogen-bond donors (Lipinski definition) is 1. The van der Waals surface area contributed by atoms with Gasteiger partial charge in [0.2, 0.25) is 0 Å². The molecule has 1 aliphatic rings. The number of carboxylic acid groups (broad SMARTS) is 1. The van der Waals surface area contributed by atoms with E-state index in [1.54, 1.807) is 0 Å².